The summed E-state index contributed by atoms with van der Waals surface area (Å²) < 4.78 is 4.62. The van der Waals surface area contributed by atoms with Crippen molar-refractivity contribution in [2.45, 2.75) is 20.4 Å². The molecule has 0 saturated heterocycles. The predicted molar refractivity (Wildman–Crippen MR) is 74.4 cm³/mol. The van der Waals surface area contributed by atoms with Crippen LogP contribution in [0.4, 0.5) is 5.82 Å². The second kappa shape index (κ2) is 6.10. The van der Waals surface area contributed by atoms with Crippen molar-refractivity contribution in [3.8, 4) is 0 Å². The van der Waals surface area contributed by atoms with Crippen LogP contribution >= 0.6 is 0 Å². The zero-order chi connectivity index (χ0) is 14.5. The van der Waals surface area contributed by atoms with Crippen molar-refractivity contribution in [1.29, 1.82) is 0 Å². The Hall–Kier alpha value is -2.50. The predicted octanol–water partition coefficient (Wildman–Crippen LogP) is 1.89. The van der Waals surface area contributed by atoms with Gasteiger partial charge in [-0.05, 0) is 26.0 Å². The van der Waals surface area contributed by atoms with Crippen molar-refractivity contribution >= 4 is 11.8 Å². The molecule has 0 aliphatic heterocycles. The number of carbonyl (C=O) groups is 1. The summed E-state index contributed by atoms with van der Waals surface area (Å²) >= 11 is 0. The molecular formula is C14H16N4O2. The summed E-state index contributed by atoms with van der Waals surface area (Å²) in [5.74, 6) is 1.09. The van der Waals surface area contributed by atoms with E-state index in [0.29, 0.717) is 12.1 Å². The average Bonchev–Trinajstić information content (AvgIpc) is 2.44. The quantitative estimate of drug-likeness (QED) is 0.856. The van der Waals surface area contributed by atoms with Crippen molar-refractivity contribution in [2.24, 2.45) is 0 Å². The smallest absolute Gasteiger partial charge is 0.339 e. The van der Waals surface area contributed by atoms with Crippen LogP contribution in [-0.2, 0) is 11.3 Å². The molecule has 0 radical (unpaired) electrons. The minimum atomic E-state index is -0.390. The van der Waals surface area contributed by atoms with Gasteiger partial charge >= 0.3 is 5.97 Å². The van der Waals surface area contributed by atoms with E-state index in [0.717, 1.165) is 23.0 Å². The van der Waals surface area contributed by atoms with Crippen LogP contribution in [0.3, 0.4) is 0 Å². The highest BCUT2D eigenvalue weighted by Crippen LogP contribution is 2.08. The highest BCUT2D eigenvalue weighted by molar-refractivity contribution is 5.88. The molecule has 2 aromatic rings. The van der Waals surface area contributed by atoms with Gasteiger partial charge in [0.05, 0.1) is 24.9 Å². The lowest BCUT2D eigenvalue weighted by molar-refractivity contribution is 0.0600. The molecule has 2 rings (SSSR count). The fourth-order valence-electron chi connectivity index (χ4n) is 1.76. The topological polar surface area (TPSA) is 77.0 Å². The SMILES string of the molecule is COC(=O)c1ccc(CNc2cc(C)nc(C)n2)nc1. The van der Waals surface area contributed by atoms with Gasteiger partial charge in [-0.25, -0.2) is 14.8 Å². The number of esters is 1. The zero-order valence-corrected chi connectivity index (χ0v) is 11.7. The highest BCUT2D eigenvalue weighted by atomic mass is 16.5. The highest BCUT2D eigenvalue weighted by Gasteiger charge is 2.05. The molecule has 0 saturated carbocycles. The molecule has 0 amide bonds. The standard InChI is InChI=1S/C14H16N4O2/c1-9-6-13(18-10(2)17-9)16-8-12-5-4-11(7-15-12)14(19)20-3/h4-7H,8H2,1-3H3,(H,16,17,18). The molecule has 0 aliphatic rings. The minimum Gasteiger partial charge on any atom is -0.465 e. The van der Waals surface area contributed by atoms with Crippen molar-refractivity contribution < 1.29 is 9.53 Å². The molecule has 2 aromatic heterocycles. The summed E-state index contributed by atoms with van der Waals surface area (Å²) in [5.41, 5.74) is 2.16. The Morgan fingerprint density at radius 1 is 1.30 bits per heavy atom. The first-order valence-electron chi connectivity index (χ1n) is 6.18. The maximum Gasteiger partial charge on any atom is 0.339 e. The summed E-state index contributed by atoms with van der Waals surface area (Å²) in [6.45, 7) is 4.29. The van der Waals surface area contributed by atoms with Gasteiger partial charge in [0.2, 0.25) is 0 Å². The number of rotatable bonds is 4. The van der Waals surface area contributed by atoms with E-state index in [1.807, 2.05) is 19.9 Å². The van der Waals surface area contributed by atoms with Crippen molar-refractivity contribution in [3.05, 3.63) is 47.2 Å². The number of hydrogen-bond acceptors (Lipinski definition) is 6. The molecule has 20 heavy (non-hydrogen) atoms. The van der Waals surface area contributed by atoms with Gasteiger partial charge in [-0.2, -0.15) is 0 Å². The second-order valence-corrected chi connectivity index (χ2v) is 4.33. The van der Waals surface area contributed by atoms with E-state index < -0.39 is 0 Å². The van der Waals surface area contributed by atoms with Gasteiger partial charge < -0.3 is 10.1 Å². The van der Waals surface area contributed by atoms with Crippen LogP contribution in [0.5, 0.6) is 0 Å². The van der Waals surface area contributed by atoms with Crippen molar-refractivity contribution in [2.75, 3.05) is 12.4 Å². The monoisotopic (exact) mass is 272 g/mol. The first-order chi connectivity index (χ1) is 9.58. The number of pyridine rings is 1. The number of nitrogens with one attached hydrogen (secondary N) is 1. The molecule has 0 aliphatic carbocycles. The lowest BCUT2D eigenvalue weighted by Gasteiger charge is -2.07. The van der Waals surface area contributed by atoms with Gasteiger partial charge in [0, 0.05) is 18.0 Å². The Labute approximate surface area is 117 Å². The molecule has 0 spiro atoms. The molecule has 0 unspecified atom stereocenters. The van der Waals surface area contributed by atoms with Gasteiger partial charge in [-0.15, -0.1) is 0 Å². The van der Waals surface area contributed by atoms with Crippen molar-refractivity contribution in [1.82, 2.24) is 15.0 Å². The molecule has 104 valence electrons. The number of aryl methyl sites for hydroxylation is 2. The molecule has 1 N–H and O–H groups in total. The van der Waals surface area contributed by atoms with Gasteiger partial charge in [-0.1, -0.05) is 0 Å². The van der Waals surface area contributed by atoms with E-state index >= 15 is 0 Å². The summed E-state index contributed by atoms with van der Waals surface area (Å²) in [4.78, 5) is 24.0. The maximum absolute atomic E-state index is 11.3. The summed E-state index contributed by atoms with van der Waals surface area (Å²) in [6.07, 6.45) is 1.50. The minimum absolute atomic E-state index is 0.390. The third kappa shape index (κ3) is 3.50. The Balaban J connectivity index is 2.02. The molecule has 0 bridgehead atoms. The third-order valence-electron chi connectivity index (χ3n) is 2.66. The normalized spacial score (nSPS) is 10.2. The summed E-state index contributed by atoms with van der Waals surface area (Å²) in [5, 5.41) is 3.18. The molecule has 0 atom stereocenters. The van der Waals surface area contributed by atoms with E-state index in [1.165, 1.54) is 13.3 Å². The van der Waals surface area contributed by atoms with Gasteiger partial charge in [0.25, 0.3) is 0 Å². The maximum atomic E-state index is 11.3. The largest absolute Gasteiger partial charge is 0.465 e. The van der Waals surface area contributed by atoms with E-state index in [-0.39, 0.29) is 5.97 Å². The molecule has 2 heterocycles. The van der Waals surface area contributed by atoms with E-state index in [1.54, 1.807) is 12.1 Å². The van der Waals surface area contributed by atoms with Crippen LogP contribution in [-0.4, -0.2) is 28.0 Å². The number of methoxy groups -OCH3 is 1. The first kappa shape index (κ1) is 13.9. The van der Waals surface area contributed by atoms with Gasteiger partial charge in [-0.3, -0.25) is 4.98 Å². The van der Waals surface area contributed by atoms with Gasteiger partial charge in [0.15, 0.2) is 0 Å². The van der Waals surface area contributed by atoms with Crippen LogP contribution < -0.4 is 5.32 Å². The first-order valence-corrected chi connectivity index (χ1v) is 6.18. The van der Waals surface area contributed by atoms with E-state index in [2.05, 4.69) is 25.0 Å². The fraction of sp³-hybridized carbons (Fsp3) is 0.286. The van der Waals surface area contributed by atoms with Crippen molar-refractivity contribution in [3.63, 3.8) is 0 Å². The zero-order valence-electron chi connectivity index (χ0n) is 11.7. The number of aromatic nitrogens is 3. The average molecular weight is 272 g/mol. The Kier molecular flexibility index (Phi) is 4.24. The molecule has 6 nitrogen and oxygen atoms in total. The fourth-order valence-corrected chi connectivity index (χ4v) is 1.76. The van der Waals surface area contributed by atoms with Crippen LogP contribution in [0, 0.1) is 13.8 Å². The van der Waals surface area contributed by atoms with Crippen LogP contribution in [0.1, 0.15) is 27.6 Å². The molecule has 0 aromatic carbocycles. The number of ether oxygens (including phenoxy) is 1. The Morgan fingerprint density at radius 3 is 2.70 bits per heavy atom. The third-order valence-corrected chi connectivity index (χ3v) is 2.66. The number of carbonyl (C=O) groups excluding carboxylic acids is 1. The second-order valence-electron chi connectivity index (χ2n) is 4.33. The van der Waals surface area contributed by atoms with Crippen LogP contribution in [0.25, 0.3) is 0 Å². The summed E-state index contributed by atoms with van der Waals surface area (Å²) in [6, 6.07) is 5.34. The van der Waals surface area contributed by atoms with Crippen LogP contribution in [0.2, 0.25) is 0 Å². The van der Waals surface area contributed by atoms with Crippen LogP contribution in [0.15, 0.2) is 24.4 Å². The molecule has 6 heteroatoms. The Bertz CT molecular complexity index is 591. The van der Waals surface area contributed by atoms with E-state index in [4.69, 9.17) is 0 Å². The summed E-state index contributed by atoms with van der Waals surface area (Å²) in [7, 11) is 1.34. The lowest BCUT2D eigenvalue weighted by atomic mass is 10.2. The Morgan fingerprint density at radius 2 is 2.10 bits per heavy atom. The number of anilines is 1. The number of nitrogens with zero attached hydrogens (tertiary/aromatic N) is 3. The molecule has 0 fully saturated rings. The van der Waals surface area contributed by atoms with E-state index in [9.17, 15) is 4.79 Å². The molecular weight excluding hydrogens is 256 g/mol. The van der Waals surface area contributed by atoms with Gasteiger partial charge in [0.1, 0.15) is 11.6 Å². The number of hydrogen-bond donors (Lipinski definition) is 1. The lowest BCUT2D eigenvalue weighted by Crippen LogP contribution is -2.07.